The van der Waals surface area contributed by atoms with Crippen LogP contribution in [0.4, 0.5) is 4.39 Å². The highest BCUT2D eigenvalue weighted by Gasteiger charge is 2.02. The number of nitrogens with two attached hydrogens (primary N) is 1. The van der Waals surface area contributed by atoms with Gasteiger partial charge in [0, 0.05) is 13.1 Å². The lowest BCUT2D eigenvalue weighted by molar-refractivity contribution is 0.597. The van der Waals surface area contributed by atoms with Crippen molar-refractivity contribution < 1.29 is 12.8 Å². The lowest BCUT2D eigenvalue weighted by Gasteiger charge is -2.11. The Balaban J connectivity index is 0.00000441. The molecule has 0 saturated heterocycles. The quantitative estimate of drug-likeness (QED) is 0.330. The van der Waals surface area contributed by atoms with Gasteiger partial charge in [-0.15, -0.1) is 24.0 Å². The molecule has 0 aromatic heterocycles. The van der Waals surface area contributed by atoms with E-state index in [9.17, 15) is 12.8 Å². The Morgan fingerprint density at radius 1 is 1.27 bits per heavy atom. The molecule has 0 aliphatic carbocycles. The lowest BCUT2D eigenvalue weighted by atomic mass is 10.1. The largest absolute Gasteiger partial charge is 0.357 e. The van der Waals surface area contributed by atoms with Crippen molar-refractivity contribution in [2.24, 2.45) is 10.1 Å². The number of hydrogen-bond donors (Lipinski definition) is 3. The zero-order valence-corrected chi connectivity index (χ0v) is 15.5. The van der Waals surface area contributed by atoms with E-state index in [1.807, 2.05) is 6.92 Å². The van der Waals surface area contributed by atoms with Crippen LogP contribution < -0.4 is 15.8 Å². The molecule has 1 rings (SSSR count). The summed E-state index contributed by atoms with van der Waals surface area (Å²) in [6.07, 6.45) is 0.708. The van der Waals surface area contributed by atoms with Gasteiger partial charge in [-0.05, 0) is 31.0 Å². The Kier molecular flexibility index (Phi) is 10.3. The molecule has 0 unspecified atom stereocenters. The molecule has 22 heavy (non-hydrogen) atoms. The third-order valence-electron chi connectivity index (χ3n) is 2.61. The second-order valence-corrected chi connectivity index (χ2v) is 6.16. The molecule has 0 aliphatic heterocycles. The van der Waals surface area contributed by atoms with Crippen LogP contribution in [0.15, 0.2) is 29.3 Å². The monoisotopic (exact) mass is 444 g/mol. The number of sulfonamides is 1. The molecule has 1 aromatic carbocycles. The van der Waals surface area contributed by atoms with Crippen LogP contribution in [0.3, 0.4) is 0 Å². The Morgan fingerprint density at radius 2 is 1.91 bits per heavy atom. The van der Waals surface area contributed by atoms with Gasteiger partial charge in [0.1, 0.15) is 5.82 Å². The number of benzene rings is 1. The summed E-state index contributed by atoms with van der Waals surface area (Å²) in [5.74, 6) is 0.0783. The van der Waals surface area contributed by atoms with Crippen LogP contribution in [0.1, 0.15) is 12.5 Å². The summed E-state index contributed by atoms with van der Waals surface area (Å²) < 4.78 is 34.4. The fraction of sp³-hybridized carbons (Fsp3) is 0.462. The summed E-state index contributed by atoms with van der Waals surface area (Å²) in [6, 6.07) is 6.28. The van der Waals surface area contributed by atoms with Crippen molar-refractivity contribution in [1.82, 2.24) is 10.6 Å². The van der Waals surface area contributed by atoms with E-state index >= 15 is 0 Å². The molecule has 126 valence electrons. The molecule has 0 saturated carbocycles. The minimum Gasteiger partial charge on any atom is -0.357 e. The number of aliphatic imine (C=N–C) groups is 1. The molecular formula is C13H22FIN4O2S. The number of guanidine groups is 1. The minimum atomic E-state index is -3.50. The molecule has 0 spiro atoms. The zero-order valence-electron chi connectivity index (χ0n) is 12.4. The van der Waals surface area contributed by atoms with Crippen LogP contribution in [0.25, 0.3) is 0 Å². The third-order valence-corrected chi connectivity index (χ3v) is 3.36. The average molecular weight is 444 g/mol. The first-order valence-corrected chi connectivity index (χ1v) is 8.39. The summed E-state index contributed by atoms with van der Waals surface area (Å²) in [4.78, 5) is 4.12. The fourth-order valence-electron chi connectivity index (χ4n) is 1.60. The first kappa shape index (κ1) is 21.1. The van der Waals surface area contributed by atoms with Gasteiger partial charge in [-0.1, -0.05) is 12.1 Å². The normalized spacial score (nSPS) is 11.7. The number of hydrogen-bond acceptors (Lipinski definition) is 3. The maximum absolute atomic E-state index is 12.8. The maximum atomic E-state index is 12.8. The molecule has 4 N–H and O–H groups in total. The summed E-state index contributed by atoms with van der Waals surface area (Å²) in [7, 11) is -3.50. The van der Waals surface area contributed by atoms with E-state index in [4.69, 9.17) is 5.14 Å². The lowest BCUT2D eigenvalue weighted by Crippen LogP contribution is -2.38. The van der Waals surface area contributed by atoms with E-state index in [0.29, 0.717) is 25.5 Å². The Bertz CT molecular complexity index is 564. The van der Waals surface area contributed by atoms with E-state index in [2.05, 4.69) is 15.6 Å². The highest BCUT2D eigenvalue weighted by molar-refractivity contribution is 14.0. The number of nitrogens with zero attached hydrogens (tertiary/aromatic N) is 1. The van der Waals surface area contributed by atoms with Gasteiger partial charge in [-0.3, -0.25) is 4.99 Å². The van der Waals surface area contributed by atoms with Crippen molar-refractivity contribution in [3.63, 3.8) is 0 Å². The average Bonchev–Trinajstić information content (AvgIpc) is 2.39. The summed E-state index contributed by atoms with van der Waals surface area (Å²) in [6.45, 7) is 3.28. The Morgan fingerprint density at radius 3 is 2.45 bits per heavy atom. The predicted octanol–water partition coefficient (Wildman–Crippen LogP) is 0.830. The van der Waals surface area contributed by atoms with E-state index in [1.165, 1.54) is 12.1 Å². The molecule has 0 heterocycles. The van der Waals surface area contributed by atoms with Gasteiger partial charge in [-0.25, -0.2) is 17.9 Å². The van der Waals surface area contributed by atoms with Gasteiger partial charge in [0.25, 0.3) is 0 Å². The molecule has 1 aromatic rings. The van der Waals surface area contributed by atoms with Crippen molar-refractivity contribution in [2.75, 3.05) is 25.4 Å². The van der Waals surface area contributed by atoms with Crippen LogP contribution in [0, 0.1) is 5.82 Å². The molecule has 0 aliphatic rings. The van der Waals surface area contributed by atoms with Gasteiger partial charge >= 0.3 is 0 Å². The minimum absolute atomic E-state index is 0. The van der Waals surface area contributed by atoms with Crippen LogP contribution in [-0.4, -0.2) is 39.8 Å². The first-order valence-electron chi connectivity index (χ1n) is 6.68. The molecule has 0 amide bonds. The summed E-state index contributed by atoms with van der Waals surface area (Å²) >= 11 is 0. The van der Waals surface area contributed by atoms with Crippen LogP contribution in [0.5, 0.6) is 0 Å². The van der Waals surface area contributed by atoms with E-state index in [-0.39, 0.29) is 42.1 Å². The number of rotatable bonds is 7. The highest BCUT2D eigenvalue weighted by atomic mass is 127. The third kappa shape index (κ3) is 9.90. The molecule has 0 atom stereocenters. The molecular weight excluding hydrogens is 422 g/mol. The maximum Gasteiger partial charge on any atom is 0.210 e. The molecule has 0 radical (unpaired) electrons. The van der Waals surface area contributed by atoms with E-state index in [1.54, 1.807) is 12.1 Å². The SMILES string of the molecule is CCNC(=NCCS(N)(=O)=O)NCCc1ccc(F)cc1.I. The van der Waals surface area contributed by atoms with Crippen LogP contribution in [-0.2, 0) is 16.4 Å². The van der Waals surface area contributed by atoms with Gasteiger partial charge in [0.15, 0.2) is 5.96 Å². The Hall–Kier alpha value is -0.940. The topological polar surface area (TPSA) is 96.6 Å². The molecule has 6 nitrogen and oxygen atoms in total. The number of primary sulfonamides is 1. The molecule has 9 heteroatoms. The number of halogens is 2. The Labute approximate surface area is 147 Å². The van der Waals surface area contributed by atoms with E-state index in [0.717, 1.165) is 5.56 Å². The first-order chi connectivity index (χ1) is 9.90. The molecule has 0 bridgehead atoms. The smallest absolute Gasteiger partial charge is 0.210 e. The second-order valence-electron chi connectivity index (χ2n) is 4.43. The van der Waals surface area contributed by atoms with Crippen molar-refractivity contribution in [1.29, 1.82) is 0 Å². The standard InChI is InChI=1S/C13H21FN4O2S.HI/c1-2-16-13(18-9-10-21(15,19)20)17-8-7-11-3-5-12(14)6-4-11;/h3-6H,2,7-10H2,1H3,(H2,15,19,20)(H2,16,17,18);1H. The second kappa shape index (κ2) is 10.7. The number of nitrogens with one attached hydrogen (secondary N) is 2. The van der Waals surface area contributed by atoms with Crippen molar-refractivity contribution in [3.8, 4) is 0 Å². The summed E-state index contributed by atoms with van der Waals surface area (Å²) in [5.41, 5.74) is 1.00. The summed E-state index contributed by atoms with van der Waals surface area (Å²) in [5, 5.41) is 11.0. The van der Waals surface area contributed by atoms with E-state index < -0.39 is 10.0 Å². The van der Waals surface area contributed by atoms with Crippen molar-refractivity contribution in [2.45, 2.75) is 13.3 Å². The van der Waals surface area contributed by atoms with Crippen molar-refractivity contribution >= 4 is 40.0 Å². The van der Waals surface area contributed by atoms with Gasteiger partial charge in [0.05, 0.1) is 12.3 Å². The molecule has 0 fully saturated rings. The highest BCUT2D eigenvalue weighted by Crippen LogP contribution is 2.02. The van der Waals surface area contributed by atoms with Gasteiger partial charge in [0.2, 0.25) is 10.0 Å². The van der Waals surface area contributed by atoms with Crippen LogP contribution in [0.2, 0.25) is 0 Å². The van der Waals surface area contributed by atoms with Gasteiger partial charge < -0.3 is 10.6 Å². The predicted molar refractivity (Wildman–Crippen MR) is 97.5 cm³/mol. The van der Waals surface area contributed by atoms with Gasteiger partial charge in [-0.2, -0.15) is 0 Å². The fourth-order valence-corrected chi connectivity index (χ4v) is 1.95. The van der Waals surface area contributed by atoms with Crippen molar-refractivity contribution in [3.05, 3.63) is 35.6 Å². The van der Waals surface area contributed by atoms with Crippen LogP contribution >= 0.6 is 24.0 Å². The zero-order chi connectivity index (χ0) is 15.7.